The van der Waals surface area contributed by atoms with Crippen molar-refractivity contribution in [2.45, 2.75) is 38.1 Å². The smallest absolute Gasteiger partial charge is 0.276 e. The molecule has 0 radical (unpaired) electrons. The van der Waals surface area contributed by atoms with Crippen molar-refractivity contribution in [1.82, 2.24) is 9.78 Å². The molecule has 1 fully saturated rings. The number of nitrogens with one attached hydrogen (secondary N) is 1. The van der Waals surface area contributed by atoms with Gasteiger partial charge in [-0.1, -0.05) is 0 Å². The highest BCUT2D eigenvalue weighted by Gasteiger charge is 2.34. The number of aromatic nitrogens is 2. The highest BCUT2D eigenvalue weighted by molar-refractivity contribution is 7.91. The maximum atomic E-state index is 12.9. The van der Waals surface area contributed by atoms with Gasteiger partial charge in [-0.15, -0.1) is 0 Å². The lowest BCUT2D eigenvalue weighted by Crippen LogP contribution is -2.17. The van der Waals surface area contributed by atoms with E-state index in [4.69, 9.17) is 4.74 Å². The molecule has 1 aliphatic heterocycles. The minimum absolute atomic E-state index is 0.112. The summed E-state index contributed by atoms with van der Waals surface area (Å²) in [6.45, 7) is 0. The second-order valence-corrected chi connectivity index (χ2v) is 9.39. The number of hydrogen-bond donors (Lipinski definition) is 1. The van der Waals surface area contributed by atoms with Gasteiger partial charge in [-0.05, 0) is 56.4 Å². The molecular weight excluding hydrogens is 366 g/mol. The summed E-state index contributed by atoms with van der Waals surface area (Å²) in [4.78, 5) is 12.9. The van der Waals surface area contributed by atoms with E-state index in [2.05, 4.69) is 10.4 Å². The molecule has 1 saturated heterocycles. The highest BCUT2D eigenvalue weighted by atomic mass is 32.2. The molecule has 0 bridgehead atoms. The van der Waals surface area contributed by atoms with E-state index >= 15 is 0 Å². The lowest BCUT2D eigenvalue weighted by Gasteiger charge is -2.17. The predicted molar refractivity (Wildman–Crippen MR) is 102 cm³/mol. The number of benzene rings is 1. The molecule has 2 heterocycles. The minimum atomic E-state index is -3.01. The van der Waals surface area contributed by atoms with Crippen molar-refractivity contribution in [2.24, 2.45) is 0 Å². The minimum Gasteiger partial charge on any atom is -0.497 e. The van der Waals surface area contributed by atoms with E-state index in [9.17, 15) is 13.2 Å². The maximum Gasteiger partial charge on any atom is 0.276 e. The Hall–Kier alpha value is -2.35. The molecular formula is C19H23N3O4S. The largest absolute Gasteiger partial charge is 0.497 e. The SMILES string of the molecule is COc1ccc(NC(=O)c2nn(C3CCS(=O)(=O)C3)c3c2CCCC3)cc1. The summed E-state index contributed by atoms with van der Waals surface area (Å²) in [5.41, 5.74) is 3.09. The fourth-order valence-corrected chi connectivity index (χ4v) is 5.64. The Balaban J connectivity index is 1.63. The van der Waals surface area contributed by atoms with Gasteiger partial charge in [-0.25, -0.2) is 8.42 Å². The van der Waals surface area contributed by atoms with Crippen LogP contribution in [-0.2, 0) is 22.7 Å². The molecule has 27 heavy (non-hydrogen) atoms. The Morgan fingerprint density at radius 2 is 1.96 bits per heavy atom. The second kappa shape index (κ2) is 6.99. The first-order valence-electron chi connectivity index (χ1n) is 9.23. The summed E-state index contributed by atoms with van der Waals surface area (Å²) in [6.07, 6.45) is 4.27. The molecule has 0 saturated carbocycles. The number of carbonyl (C=O) groups is 1. The van der Waals surface area contributed by atoms with E-state index < -0.39 is 9.84 Å². The molecule has 2 aromatic rings. The van der Waals surface area contributed by atoms with Gasteiger partial charge < -0.3 is 10.1 Å². The monoisotopic (exact) mass is 389 g/mol. The number of fused-ring (bicyclic) bond motifs is 1. The van der Waals surface area contributed by atoms with Crippen LogP contribution < -0.4 is 10.1 Å². The van der Waals surface area contributed by atoms with Gasteiger partial charge in [0.25, 0.3) is 5.91 Å². The van der Waals surface area contributed by atoms with E-state index in [1.165, 1.54) is 0 Å². The van der Waals surface area contributed by atoms with Gasteiger partial charge in [0, 0.05) is 16.9 Å². The fourth-order valence-electron chi connectivity index (χ4n) is 3.94. The first-order chi connectivity index (χ1) is 13.0. The van der Waals surface area contributed by atoms with Crippen LogP contribution in [0.3, 0.4) is 0 Å². The average Bonchev–Trinajstić information content (AvgIpc) is 3.22. The third-order valence-corrected chi connectivity index (χ3v) is 7.08. The molecule has 1 amide bonds. The molecule has 1 aromatic carbocycles. The van der Waals surface area contributed by atoms with Crippen LogP contribution in [0.1, 0.15) is 47.1 Å². The molecule has 1 aromatic heterocycles. The topological polar surface area (TPSA) is 90.3 Å². The number of amides is 1. The number of anilines is 1. The summed E-state index contributed by atoms with van der Waals surface area (Å²) in [5.74, 6) is 0.774. The van der Waals surface area contributed by atoms with Crippen LogP contribution in [0.4, 0.5) is 5.69 Å². The van der Waals surface area contributed by atoms with E-state index in [1.807, 2.05) is 4.68 Å². The van der Waals surface area contributed by atoms with Crippen LogP contribution in [0, 0.1) is 0 Å². The third-order valence-electron chi connectivity index (χ3n) is 5.33. The van der Waals surface area contributed by atoms with E-state index in [0.717, 1.165) is 42.7 Å². The normalized spacial score (nSPS) is 20.9. The molecule has 8 heteroatoms. The van der Waals surface area contributed by atoms with E-state index in [0.29, 0.717) is 17.8 Å². The lowest BCUT2D eigenvalue weighted by molar-refractivity contribution is 0.102. The Morgan fingerprint density at radius 1 is 1.22 bits per heavy atom. The zero-order valence-electron chi connectivity index (χ0n) is 15.3. The van der Waals surface area contributed by atoms with Crippen LogP contribution in [-0.4, -0.2) is 42.7 Å². The van der Waals surface area contributed by atoms with Gasteiger partial charge in [-0.2, -0.15) is 5.10 Å². The summed E-state index contributed by atoms with van der Waals surface area (Å²) < 4.78 is 30.7. The van der Waals surface area contributed by atoms with Gasteiger partial charge in [-0.3, -0.25) is 9.48 Å². The predicted octanol–water partition coefficient (Wildman–Crippen LogP) is 2.38. The van der Waals surface area contributed by atoms with Gasteiger partial charge in [0.1, 0.15) is 5.75 Å². The van der Waals surface area contributed by atoms with Gasteiger partial charge in [0.2, 0.25) is 0 Å². The zero-order valence-corrected chi connectivity index (χ0v) is 16.1. The van der Waals surface area contributed by atoms with Crippen molar-refractivity contribution in [3.05, 3.63) is 41.2 Å². The third kappa shape index (κ3) is 3.58. The summed E-state index contributed by atoms with van der Waals surface area (Å²) in [7, 11) is -1.42. The number of nitrogens with zero attached hydrogens (tertiary/aromatic N) is 2. The number of sulfone groups is 1. The molecule has 144 valence electrons. The maximum absolute atomic E-state index is 12.9. The molecule has 1 atom stereocenters. The number of rotatable bonds is 4. The number of hydrogen-bond acceptors (Lipinski definition) is 5. The fraction of sp³-hybridized carbons (Fsp3) is 0.474. The Bertz CT molecular complexity index is 964. The molecule has 1 N–H and O–H groups in total. The molecule has 0 spiro atoms. The molecule has 2 aliphatic rings. The van der Waals surface area contributed by atoms with Crippen LogP contribution in [0.25, 0.3) is 0 Å². The molecule has 7 nitrogen and oxygen atoms in total. The van der Waals surface area contributed by atoms with Crippen LogP contribution >= 0.6 is 0 Å². The lowest BCUT2D eigenvalue weighted by atomic mass is 9.95. The van der Waals surface area contributed by atoms with Crippen LogP contribution in [0.5, 0.6) is 5.75 Å². The van der Waals surface area contributed by atoms with Crippen molar-refractivity contribution in [2.75, 3.05) is 23.9 Å². The number of methoxy groups -OCH3 is 1. The summed E-state index contributed by atoms with van der Waals surface area (Å²) in [5, 5.41) is 7.48. The highest BCUT2D eigenvalue weighted by Crippen LogP contribution is 2.31. The van der Waals surface area contributed by atoms with Crippen molar-refractivity contribution < 1.29 is 17.9 Å². The summed E-state index contributed by atoms with van der Waals surface area (Å²) in [6, 6.07) is 6.97. The second-order valence-electron chi connectivity index (χ2n) is 7.17. The van der Waals surface area contributed by atoms with Crippen molar-refractivity contribution >= 4 is 21.4 Å². The van der Waals surface area contributed by atoms with Crippen molar-refractivity contribution in [3.8, 4) is 5.75 Å². The van der Waals surface area contributed by atoms with Crippen LogP contribution in [0.2, 0.25) is 0 Å². The van der Waals surface area contributed by atoms with Crippen LogP contribution in [0.15, 0.2) is 24.3 Å². The Morgan fingerprint density at radius 3 is 2.63 bits per heavy atom. The quantitative estimate of drug-likeness (QED) is 0.867. The number of ether oxygens (including phenoxy) is 1. The van der Waals surface area contributed by atoms with E-state index in [1.54, 1.807) is 31.4 Å². The number of carbonyl (C=O) groups excluding carboxylic acids is 1. The van der Waals surface area contributed by atoms with Crippen molar-refractivity contribution in [1.29, 1.82) is 0 Å². The first kappa shape index (κ1) is 18.0. The molecule has 4 rings (SSSR count). The van der Waals surface area contributed by atoms with Gasteiger partial charge >= 0.3 is 0 Å². The van der Waals surface area contributed by atoms with E-state index in [-0.39, 0.29) is 23.5 Å². The average molecular weight is 389 g/mol. The van der Waals surface area contributed by atoms with Gasteiger partial charge in [0.15, 0.2) is 15.5 Å². The standard InChI is InChI=1S/C19H23N3O4S/c1-26-15-8-6-13(7-9-15)20-19(23)18-16-4-2-3-5-17(16)22(21-18)14-10-11-27(24,25)12-14/h6-9,14H,2-5,10-12H2,1H3,(H,20,23). The first-order valence-corrected chi connectivity index (χ1v) is 11.0. The van der Waals surface area contributed by atoms with Gasteiger partial charge in [0.05, 0.1) is 24.7 Å². The Labute approximate surface area is 158 Å². The molecule has 1 unspecified atom stereocenters. The van der Waals surface area contributed by atoms with Crippen molar-refractivity contribution in [3.63, 3.8) is 0 Å². The Kier molecular flexibility index (Phi) is 4.67. The summed E-state index contributed by atoms with van der Waals surface area (Å²) >= 11 is 0. The molecule has 1 aliphatic carbocycles. The zero-order chi connectivity index (χ0) is 19.0.